The maximum Gasteiger partial charge on any atom is 0.269 e. The first-order chi connectivity index (χ1) is 11.4. The normalized spacial score (nSPS) is 11.2. The van der Waals surface area contributed by atoms with Gasteiger partial charge in [0.05, 0.1) is 9.82 Å². The highest BCUT2D eigenvalue weighted by molar-refractivity contribution is 7.89. The third-order valence-corrected chi connectivity index (χ3v) is 4.96. The van der Waals surface area contributed by atoms with Crippen molar-refractivity contribution in [3.05, 3.63) is 76.9 Å². The van der Waals surface area contributed by atoms with Gasteiger partial charge in [-0.05, 0) is 36.1 Å². The highest BCUT2D eigenvalue weighted by atomic mass is 32.2. The molecule has 2 rings (SSSR count). The number of hydrogen-bond donors (Lipinski definition) is 1. The van der Waals surface area contributed by atoms with Crippen molar-refractivity contribution in [3.8, 4) is 0 Å². The van der Waals surface area contributed by atoms with Crippen LogP contribution in [0.2, 0.25) is 0 Å². The average Bonchev–Trinajstić information content (AvgIpc) is 2.59. The molecule has 0 bridgehead atoms. The Morgan fingerprint density at radius 3 is 2.29 bits per heavy atom. The van der Waals surface area contributed by atoms with Crippen LogP contribution < -0.4 is 4.72 Å². The van der Waals surface area contributed by atoms with E-state index in [1.165, 1.54) is 24.3 Å². The van der Waals surface area contributed by atoms with Crippen molar-refractivity contribution >= 4 is 21.3 Å². The monoisotopic (exact) mass is 346 g/mol. The predicted molar refractivity (Wildman–Crippen MR) is 93.0 cm³/mol. The van der Waals surface area contributed by atoms with E-state index in [1.54, 1.807) is 0 Å². The zero-order chi connectivity index (χ0) is 17.6. The second-order valence-electron chi connectivity index (χ2n) is 5.22. The van der Waals surface area contributed by atoms with Gasteiger partial charge in [-0.15, -0.1) is 0 Å². The lowest BCUT2D eigenvalue weighted by molar-refractivity contribution is -0.384. The maximum atomic E-state index is 12.1. The second-order valence-corrected chi connectivity index (χ2v) is 6.99. The van der Waals surface area contributed by atoms with Gasteiger partial charge in [0.2, 0.25) is 10.0 Å². The van der Waals surface area contributed by atoms with Gasteiger partial charge in [0.15, 0.2) is 0 Å². The van der Waals surface area contributed by atoms with Crippen molar-refractivity contribution in [2.45, 2.75) is 17.7 Å². The van der Waals surface area contributed by atoms with E-state index >= 15 is 0 Å². The summed E-state index contributed by atoms with van der Waals surface area (Å²) in [4.78, 5) is 10.0. The largest absolute Gasteiger partial charge is 0.269 e. The maximum absolute atomic E-state index is 12.1. The van der Waals surface area contributed by atoms with Gasteiger partial charge < -0.3 is 0 Å². The molecule has 0 aromatic heterocycles. The SMILES string of the molecule is C=C(CCCNS(=O)(=O)c1ccc([N+](=O)[O-])cc1)c1ccccc1. The molecular formula is C17H18N2O4S. The molecule has 0 saturated heterocycles. The van der Waals surface area contributed by atoms with Crippen LogP contribution in [0, 0.1) is 10.1 Å². The zero-order valence-corrected chi connectivity index (χ0v) is 13.8. The van der Waals surface area contributed by atoms with E-state index in [9.17, 15) is 18.5 Å². The molecule has 2 aromatic carbocycles. The number of rotatable bonds is 8. The van der Waals surface area contributed by atoms with Gasteiger partial charge in [0, 0.05) is 18.7 Å². The van der Waals surface area contributed by atoms with Crippen LogP contribution in [0.3, 0.4) is 0 Å². The fraction of sp³-hybridized carbons (Fsp3) is 0.176. The molecule has 0 atom stereocenters. The van der Waals surface area contributed by atoms with E-state index in [2.05, 4.69) is 11.3 Å². The highest BCUT2D eigenvalue weighted by Crippen LogP contribution is 2.18. The number of nitro groups is 1. The van der Waals surface area contributed by atoms with E-state index in [0.717, 1.165) is 11.1 Å². The van der Waals surface area contributed by atoms with E-state index in [0.29, 0.717) is 12.8 Å². The van der Waals surface area contributed by atoms with Gasteiger partial charge in [-0.1, -0.05) is 36.9 Å². The fourth-order valence-electron chi connectivity index (χ4n) is 2.16. The summed E-state index contributed by atoms with van der Waals surface area (Å²) in [5.41, 5.74) is 1.84. The van der Waals surface area contributed by atoms with E-state index < -0.39 is 14.9 Å². The molecule has 0 aliphatic carbocycles. The predicted octanol–water partition coefficient (Wildman–Crippen LogP) is 3.37. The Balaban J connectivity index is 1.86. The first-order valence-electron chi connectivity index (χ1n) is 7.37. The standard InChI is InChI=1S/C17H18N2O4S/c1-14(15-7-3-2-4-8-15)6-5-13-18-24(22,23)17-11-9-16(10-12-17)19(20)21/h2-4,7-12,18H,1,5-6,13H2. The van der Waals surface area contributed by atoms with Gasteiger partial charge in [0.25, 0.3) is 5.69 Å². The Bertz CT molecular complexity index is 815. The number of allylic oxidation sites excluding steroid dienone is 1. The smallest absolute Gasteiger partial charge is 0.258 e. The molecule has 0 fully saturated rings. The Hall–Kier alpha value is -2.51. The lowest BCUT2D eigenvalue weighted by Gasteiger charge is -2.08. The summed E-state index contributed by atoms with van der Waals surface area (Å²) in [6.45, 7) is 4.27. The topological polar surface area (TPSA) is 89.3 Å². The number of nitro benzene ring substituents is 1. The number of nitrogens with zero attached hydrogens (tertiary/aromatic N) is 1. The average molecular weight is 346 g/mol. The molecule has 0 amide bonds. The third-order valence-electron chi connectivity index (χ3n) is 3.49. The summed E-state index contributed by atoms with van der Waals surface area (Å²) in [6.07, 6.45) is 1.28. The molecule has 2 aromatic rings. The summed E-state index contributed by atoms with van der Waals surface area (Å²) in [5, 5.41) is 10.6. The Kier molecular flexibility index (Phi) is 5.83. The van der Waals surface area contributed by atoms with Gasteiger partial charge in [-0.3, -0.25) is 10.1 Å². The van der Waals surface area contributed by atoms with Crippen molar-refractivity contribution in [1.82, 2.24) is 4.72 Å². The van der Waals surface area contributed by atoms with Crippen molar-refractivity contribution in [2.75, 3.05) is 6.54 Å². The van der Waals surface area contributed by atoms with Gasteiger partial charge in [0.1, 0.15) is 0 Å². The lowest BCUT2D eigenvalue weighted by atomic mass is 10.0. The van der Waals surface area contributed by atoms with Crippen LogP contribution in [-0.2, 0) is 10.0 Å². The minimum atomic E-state index is -3.67. The van der Waals surface area contributed by atoms with Gasteiger partial charge in [-0.25, -0.2) is 13.1 Å². The van der Waals surface area contributed by atoms with E-state index in [-0.39, 0.29) is 17.1 Å². The van der Waals surface area contributed by atoms with Crippen LogP contribution in [0.15, 0.2) is 66.1 Å². The molecule has 0 spiro atoms. The third kappa shape index (κ3) is 4.74. The van der Waals surface area contributed by atoms with Crippen LogP contribution in [-0.4, -0.2) is 19.9 Å². The number of benzene rings is 2. The Labute approximate surface area is 141 Å². The van der Waals surface area contributed by atoms with Crippen LogP contribution in [0.25, 0.3) is 5.57 Å². The van der Waals surface area contributed by atoms with Crippen molar-refractivity contribution in [3.63, 3.8) is 0 Å². The van der Waals surface area contributed by atoms with Crippen molar-refractivity contribution in [2.24, 2.45) is 0 Å². The van der Waals surface area contributed by atoms with E-state index in [4.69, 9.17) is 0 Å². The second kappa shape index (κ2) is 7.85. The summed E-state index contributed by atoms with van der Waals surface area (Å²) in [7, 11) is -3.67. The number of non-ortho nitro benzene ring substituents is 1. The summed E-state index contributed by atoms with van der Waals surface area (Å²) in [5.74, 6) is 0. The van der Waals surface area contributed by atoms with Gasteiger partial charge >= 0.3 is 0 Å². The minimum Gasteiger partial charge on any atom is -0.258 e. The minimum absolute atomic E-state index is 0.00925. The van der Waals surface area contributed by atoms with Crippen LogP contribution in [0.5, 0.6) is 0 Å². The van der Waals surface area contributed by atoms with E-state index in [1.807, 2.05) is 30.3 Å². The fourth-order valence-corrected chi connectivity index (χ4v) is 3.23. The summed E-state index contributed by atoms with van der Waals surface area (Å²) < 4.78 is 26.7. The molecule has 24 heavy (non-hydrogen) atoms. The Morgan fingerprint density at radius 2 is 1.71 bits per heavy atom. The molecule has 0 aliphatic rings. The quantitative estimate of drug-likeness (QED) is 0.451. The Morgan fingerprint density at radius 1 is 1.08 bits per heavy atom. The number of sulfonamides is 1. The van der Waals surface area contributed by atoms with Crippen LogP contribution >= 0.6 is 0 Å². The molecular weight excluding hydrogens is 328 g/mol. The first kappa shape index (κ1) is 17.8. The van der Waals surface area contributed by atoms with Crippen molar-refractivity contribution < 1.29 is 13.3 Å². The van der Waals surface area contributed by atoms with Crippen LogP contribution in [0.1, 0.15) is 18.4 Å². The first-order valence-corrected chi connectivity index (χ1v) is 8.86. The molecule has 6 nitrogen and oxygen atoms in total. The summed E-state index contributed by atoms with van der Waals surface area (Å²) >= 11 is 0. The molecule has 0 heterocycles. The summed E-state index contributed by atoms with van der Waals surface area (Å²) in [6, 6.07) is 14.5. The van der Waals surface area contributed by atoms with Gasteiger partial charge in [-0.2, -0.15) is 0 Å². The van der Waals surface area contributed by atoms with Crippen molar-refractivity contribution in [1.29, 1.82) is 0 Å². The number of nitrogens with one attached hydrogen (secondary N) is 1. The molecule has 7 heteroatoms. The number of hydrogen-bond acceptors (Lipinski definition) is 4. The molecule has 0 radical (unpaired) electrons. The zero-order valence-electron chi connectivity index (χ0n) is 13.0. The molecule has 1 N–H and O–H groups in total. The lowest BCUT2D eigenvalue weighted by Crippen LogP contribution is -2.24. The molecule has 0 unspecified atom stereocenters. The van der Waals surface area contributed by atoms with Crippen LogP contribution in [0.4, 0.5) is 5.69 Å². The molecule has 0 aliphatic heterocycles. The molecule has 0 saturated carbocycles. The highest BCUT2D eigenvalue weighted by Gasteiger charge is 2.15. The molecule has 126 valence electrons.